The van der Waals surface area contributed by atoms with Crippen LogP contribution in [0.15, 0.2) is 0 Å². The number of hydrogen-bond acceptors (Lipinski definition) is 3. The van der Waals surface area contributed by atoms with E-state index in [4.69, 9.17) is 0 Å². The van der Waals surface area contributed by atoms with Crippen LogP contribution in [-0.4, -0.2) is 51.1 Å². The second kappa shape index (κ2) is 4.58. The second-order valence-electron chi connectivity index (χ2n) is 3.74. The highest BCUT2D eigenvalue weighted by Crippen LogP contribution is 2.16. The van der Waals surface area contributed by atoms with Gasteiger partial charge in [-0.25, -0.2) is 0 Å². The van der Waals surface area contributed by atoms with Gasteiger partial charge in [0.15, 0.2) is 0 Å². The summed E-state index contributed by atoms with van der Waals surface area (Å²) in [5.74, 6) is 0.307. The Labute approximate surface area is 79.7 Å². The number of amides is 1. The molecule has 4 heteroatoms. The van der Waals surface area contributed by atoms with Gasteiger partial charge in [-0.05, 0) is 27.1 Å². The van der Waals surface area contributed by atoms with Crippen LogP contribution < -0.4 is 10.6 Å². The van der Waals surface area contributed by atoms with E-state index < -0.39 is 0 Å². The van der Waals surface area contributed by atoms with Crippen molar-refractivity contribution >= 4 is 5.91 Å². The first-order valence-corrected chi connectivity index (χ1v) is 4.75. The van der Waals surface area contributed by atoms with Crippen LogP contribution >= 0.6 is 0 Å². The lowest BCUT2D eigenvalue weighted by molar-refractivity contribution is -0.127. The van der Waals surface area contributed by atoms with Gasteiger partial charge in [-0.15, -0.1) is 0 Å². The highest BCUT2D eigenvalue weighted by molar-refractivity contribution is 5.79. The molecule has 13 heavy (non-hydrogen) atoms. The Bertz CT molecular complexity index is 182. The average Bonchev–Trinajstić information content (AvgIpc) is 2.16. The third kappa shape index (κ3) is 2.42. The van der Waals surface area contributed by atoms with Crippen LogP contribution in [0.2, 0.25) is 0 Å². The van der Waals surface area contributed by atoms with Crippen molar-refractivity contribution in [3.05, 3.63) is 0 Å². The molecule has 1 saturated heterocycles. The van der Waals surface area contributed by atoms with Gasteiger partial charge in [0.2, 0.25) is 5.91 Å². The van der Waals surface area contributed by atoms with Crippen molar-refractivity contribution in [2.45, 2.75) is 12.5 Å². The maximum Gasteiger partial charge on any atom is 0.224 e. The fourth-order valence-corrected chi connectivity index (χ4v) is 1.88. The molecule has 2 unspecified atom stereocenters. The predicted octanol–water partition coefficient (Wildman–Crippen LogP) is -0.728. The molecule has 76 valence electrons. The zero-order chi connectivity index (χ0) is 9.84. The van der Waals surface area contributed by atoms with E-state index in [-0.39, 0.29) is 11.8 Å². The number of piperidine rings is 1. The smallest absolute Gasteiger partial charge is 0.224 e. The summed E-state index contributed by atoms with van der Waals surface area (Å²) in [6.07, 6.45) is 0.933. The van der Waals surface area contributed by atoms with E-state index >= 15 is 0 Å². The molecule has 0 aliphatic carbocycles. The molecule has 0 spiro atoms. The van der Waals surface area contributed by atoms with Gasteiger partial charge in [-0.3, -0.25) is 4.79 Å². The van der Waals surface area contributed by atoms with Gasteiger partial charge in [0, 0.05) is 19.6 Å². The molecule has 0 bridgehead atoms. The number of hydrogen-bond donors (Lipinski definition) is 2. The summed E-state index contributed by atoms with van der Waals surface area (Å²) in [7, 11) is 5.75. The normalized spacial score (nSPS) is 28.9. The lowest BCUT2D eigenvalue weighted by Crippen LogP contribution is -2.53. The summed E-state index contributed by atoms with van der Waals surface area (Å²) in [5.41, 5.74) is 0. The Hall–Kier alpha value is -0.610. The third-order valence-corrected chi connectivity index (χ3v) is 2.70. The van der Waals surface area contributed by atoms with Gasteiger partial charge >= 0.3 is 0 Å². The molecule has 1 rings (SSSR count). The molecule has 0 aromatic carbocycles. The maximum atomic E-state index is 11.5. The standard InChI is InChI=1S/C9H19N3O/c1-10-9(13)7-4-5-11-6-8(7)12(2)3/h7-8,11H,4-6H2,1-3H3,(H,10,13). The van der Waals surface area contributed by atoms with Crippen LogP contribution in [0, 0.1) is 5.92 Å². The molecule has 0 radical (unpaired) electrons. The predicted molar refractivity (Wildman–Crippen MR) is 52.5 cm³/mol. The van der Waals surface area contributed by atoms with Gasteiger partial charge in [0.05, 0.1) is 5.92 Å². The Morgan fingerprint density at radius 1 is 1.54 bits per heavy atom. The third-order valence-electron chi connectivity index (χ3n) is 2.70. The number of nitrogens with zero attached hydrogens (tertiary/aromatic N) is 1. The molecule has 1 fully saturated rings. The molecule has 1 aliphatic rings. The van der Waals surface area contributed by atoms with E-state index in [1.807, 2.05) is 14.1 Å². The quantitative estimate of drug-likeness (QED) is 0.596. The zero-order valence-corrected chi connectivity index (χ0v) is 8.63. The molecular weight excluding hydrogens is 166 g/mol. The molecule has 0 aromatic heterocycles. The molecule has 4 nitrogen and oxygen atoms in total. The van der Waals surface area contributed by atoms with Crippen molar-refractivity contribution in [2.24, 2.45) is 5.92 Å². The molecule has 2 atom stereocenters. The molecule has 1 amide bonds. The van der Waals surface area contributed by atoms with Crippen molar-refractivity contribution in [3.8, 4) is 0 Å². The van der Waals surface area contributed by atoms with Crippen molar-refractivity contribution < 1.29 is 4.79 Å². The minimum absolute atomic E-state index is 0.140. The van der Waals surface area contributed by atoms with Gasteiger partial charge in [-0.2, -0.15) is 0 Å². The lowest BCUT2D eigenvalue weighted by atomic mass is 9.91. The van der Waals surface area contributed by atoms with Crippen LogP contribution in [0.5, 0.6) is 0 Å². The topological polar surface area (TPSA) is 44.4 Å². The maximum absolute atomic E-state index is 11.5. The average molecular weight is 185 g/mol. The number of carbonyl (C=O) groups excluding carboxylic acids is 1. The van der Waals surface area contributed by atoms with Crippen molar-refractivity contribution in [2.75, 3.05) is 34.2 Å². The van der Waals surface area contributed by atoms with Crippen LogP contribution in [0.1, 0.15) is 6.42 Å². The molecule has 1 heterocycles. The fraction of sp³-hybridized carbons (Fsp3) is 0.889. The number of nitrogens with one attached hydrogen (secondary N) is 2. The fourth-order valence-electron chi connectivity index (χ4n) is 1.88. The molecular formula is C9H19N3O. The number of likely N-dealkylation sites (N-methyl/N-ethyl adjacent to an activating group) is 1. The minimum atomic E-state index is 0.140. The van der Waals surface area contributed by atoms with E-state index in [0.29, 0.717) is 6.04 Å². The zero-order valence-electron chi connectivity index (χ0n) is 8.63. The van der Waals surface area contributed by atoms with Crippen LogP contribution in [0.25, 0.3) is 0 Å². The largest absolute Gasteiger partial charge is 0.359 e. The van der Waals surface area contributed by atoms with Crippen molar-refractivity contribution in [3.63, 3.8) is 0 Å². The van der Waals surface area contributed by atoms with E-state index in [2.05, 4.69) is 15.5 Å². The lowest BCUT2D eigenvalue weighted by Gasteiger charge is -2.35. The monoisotopic (exact) mass is 185 g/mol. The first-order valence-electron chi connectivity index (χ1n) is 4.75. The Morgan fingerprint density at radius 3 is 2.77 bits per heavy atom. The molecule has 0 aromatic rings. The first kappa shape index (κ1) is 10.5. The first-order chi connectivity index (χ1) is 6.16. The van der Waals surface area contributed by atoms with E-state index in [9.17, 15) is 4.79 Å². The summed E-state index contributed by atoms with van der Waals surface area (Å²) in [5, 5.41) is 6.03. The Balaban J connectivity index is 2.61. The summed E-state index contributed by atoms with van der Waals surface area (Å²) in [4.78, 5) is 13.6. The van der Waals surface area contributed by atoms with Crippen LogP contribution in [-0.2, 0) is 4.79 Å². The Morgan fingerprint density at radius 2 is 2.23 bits per heavy atom. The van der Waals surface area contributed by atoms with Crippen molar-refractivity contribution in [1.29, 1.82) is 0 Å². The molecule has 0 saturated carbocycles. The van der Waals surface area contributed by atoms with E-state index in [1.165, 1.54) is 0 Å². The highest BCUT2D eigenvalue weighted by Gasteiger charge is 2.31. The summed E-state index contributed by atoms with van der Waals surface area (Å²) in [6, 6.07) is 0.327. The van der Waals surface area contributed by atoms with Gasteiger partial charge < -0.3 is 15.5 Å². The van der Waals surface area contributed by atoms with Crippen LogP contribution in [0.4, 0.5) is 0 Å². The summed E-state index contributed by atoms with van der Waals surface area (Å²) >= 11 is 0. The summed E-state index contributed by atoms with van der Waals surface area (Å²) < 4.78 is 0. The van der Waals surface area contributed by atoms with Gasteiger partial charge in [0.25, 0.3) is 0 Å². The van der Waals surface area contributed by atoms with E-state index in [0.717, 1.165) is 19.5 Å². The Kier molecular flexibility index (Phi) is 3.69. The number of carbonyl (C=O) groups is 1. The van der Waals surface area contributed by atoms with Gasteiger partial charge in [-0.1, -0.05) is 0 Å². The van der Waals surface area contributed by atoms with Crippen molar-refractivity contribution in [1.82, 2.24) is 15.5 Å². The SMILES string of the molecule is CNC(=O)C1CCNCC1N(C)C. The molecule has 2 N–H and O–H groups in total. The molecule has 1 aliphatic heterocycles. The van der Waals surface area contributed by atoms with E-state index in [1.54, 1.807) is 7.05 Å². The summed E-state index contributed by atoms with van der Waals surface area (Å²) in [6.45, 7) is 1.85. The van der Waals surface area contributed by atoms with Gasteiger partial charge in [0.1, 0.15) is 0 Å². The second-order valence-corrected chi connectivity index (χ2v) is 3.74. The van der Waals surface area contributed by atoms with Crippen LogP contribution in [0.3, 0.4) is 0 Å². The highest BCUT2D eigenvalue weighted by atomic mass is 16.1. The number of rotatable bonds is 2. The minimum Gasteiger partial charge on any atom is -0.359 e.